The van der Waals surface area contributed by atoms with Crippen LogP contribution in [0.25, 0.3) is 0 Å². The highest BCUT2D eigenvalue weighted by molar-refractivity contribution is 5.51. The summed E-state index contributed by atoms with van der Waals surface area (Å²) >= 11 is 0. The molecule has 4 heterocycles. The molecular formula is C16H22N6O2. The molecular weight excluding hydrogens is 308 g/mol. The first-order chi connectivity index (χ1) is 11.7. The van der Waals surface area contributed by atoms with Crippen LogP contribution in [0.5, 0.6) is 0 Å². The first kappa shape index (κ1) is 15.3. The van der Waals surface area contributed by atoms with Crippen molar-refractivity contribution in [1.82, 2.24) is 20.1 Å². The van der Waals surface area contributed by atoms with Crippen LogP contribution in [0.3, 0.4) is 0 Å². The number of β-amino-alcohol motifs (C(OH)–C–C–N with tert-alkyl or cyclic N) is 1. The van der Waals surface area contributed by atoms with Crippen molar-refractivity contribution in [2.24, 2.45) is 0 Å². The zero-order valence-corrected chi connectivity index (χ0v) is 13.9. The molecule has 8 nitrogen and oxygen atoms in total. The third-order valence-electron chi connectivity index (χ3n) is 4.82. The Morgan fingerprint density at radius 1 is 1.17 bits per heavy atom. The normalized spacial score (nSPS) is 24.1. The molecule has 0 saturated carbocycles. The van der Waals surface area contributed by atoms with Gasteiger partial charge in [0, 0.05) is 38.5 Å². The smallest absolute Gasteiger partial charge is 0.260 e. The van der Waals surface area contributed by atoms with Gasteiger partial charge in [0.25, 0.3) is 5.89 Å². The van der Waals surface area contributed by atoms with Gasteiger partial charge in [-0.1, -0.05) is 12.1 Å². The molecule has 1 atom stereocenters. The van der Waals surface area contributed by atoms with E-state index < -0.39 is 5.60 Å². The lowest BCUT2D eigenvalue weighted by atomic mass is 10.0. The SMILES string of the molecule is CCc1noc(C2(O)CCN(c3cc(N4CCCC4)ncn3)C2)n1. The zero-order valence-electron chi connectivity index (χ0n) is 13.9. The molecule has 0 aliphatic carbocycles. The van der Waals surface area contributed by atoms with Crippen molar-refractivity contribution >= 4 is 11.6 Å². The zero-order chi connectivity index (χ0) is 16.6. The van der Waals surface area contributed by atoms with E-state index in [2.05, 4.69) is 29.9 Å². The van der Waals surface area contributed by atoms with Crippen LogP contribution >= 0.6 is 0 Å². The highest BCUT2D eigenvalue weighted by Crippen LogP contribution is 2.34. The summed E-state index contributed by atoms with van der Waals surface area (Å²) in [4.78, 5) is 17.4. The highest BCUT2D eigenvalue weighted by Gasteiger charge is 2.43. The summed E-state index contributed by atoms with van der Waals surface area (Å²) in [6.45, 7) is 5.14. The van der Waals surface area contributed by atoms with E-state index >= 15 is 0 Å². The molecule has 2 aliphatic rings. The first-order valence-electron chi connectivity index (χ1n) is 8.55. The van der Waals surface area contributed by atoms with Crippen LogP contribution in [0, 0.1) is 0 Å². The lowest BCUT2D eigenvalue weighted by molar-refractivity contribution is 0.0259. The van der Waals surface area contributed by atoms with Gasteiger partial charge < -0.3 is 19.4 Å². The molecule has 1 N–H and O–H groups in total. The Morgan fingerprint density at radius 2 is 1.92 bits per heavy atom. The topological polar surface area (TPSA) is 91.4 Å². The summed E-state index contributed by atoms with van der Waals surface area (Å²) in [6, 6.07) is 2.00. The van der Waals surface area contributed by atoms with Gasteiger partial charge in [0.1, 0.15) is 18.0 Å². The van der Waals surface area contributed by atoms with Crippen LogP contribution < -0.4 is 9.80 Å². The van der Waals surface area contributed by atoms with Crippen molar-refractivity contribution in [3.8, 4) is 0 Å². The van der Waals surface area contributed by atoms with Gasteiger partial charge in [0.05, 0.1) is 6.54 Å². The fraction of sp³-hybridized carbons (Fsp3) is 0.625. The van der Waals surface area contributed by atoms with Gasteiger partial charge in [-0.3, -0.25) is 0 Å². The van der Waals surface area contributed by atoms with Crippen LogP contribution in [-0.2, 0) is 12.0 Å². The maximum Gasteiger partial charge on any atom is 0.260 e. The Kier molecular flexibility index (Phi) is 3.84. The summed E-state index contributed by atoms with van der Waals surface area (Å²) < 4.78 is 5.25. The van der Waals surface area contributed by atoms with Gasteiger partial charge in [0.15, 0.2) is 11.4 Å². The fourth-order valence-corrected chi connectivity index (χ4v) is 3.38. The number of aliphatic hydroxyl groups is 1. The molecule has 8 heteroatoms. The second kappa shape index (κ2) is 6.01. The third kappa shape index (κ3) is 2.71. The molecule has 1 unspecified atom stereocenters. The second-order valence-electron chi connectivity index (χ2n) is 6.50. The minimum absolute atomic E-state index is 0.302. The molecule has 128 valence electrons. The Hall–Kier alpha value is -2.22. The van der Waals surface area contributed by atoms with E-state index in [9.17, 15) is 5.11 Å². The van der Waals surface area contributed by atoms with Crippen LogP contribution in [0.4, 0.5) is 11.6 Å². The molecule has 2 aromatic rings. The van der Waals surface area contributed by atoms with E-state index in [4.69, 9.17) is 4.52 Å². The third-order valence-corrected chi connectivity index (χ3v) is 4.82. The predicted molar refractivity (Wildman–Crippen MR) is 87.9 cm³/mol. The van der Waals surface area contributed by atoms with E-state index in [1.807, 2.05) is 13.0 Å². The number of hydrogen-bond acceptors (Lipinski definition) is 8. The van der Waals surface area contributed by atoms with E-state index in [0.717, 1.165) is 24.7 Å². The van der Waals surface area contributed by atoms with E-state index in [-0.39, 0.29) is 0 Å². The number of anilines is 2. The van der Waals surface area contributed by atoms with Crippen molar-refractivity contribution in [2.75, 3.05) is 36.0 Å². The number of rotatable bonds is 4. The second-order valence-corrected chi connectivity index (χ2v) is 6.50. The van der Waals surface area contributed by atoms with Crippen molar-refractivity contribution in [3.63, 3.8) is 0 Å². The molecule has 0 radical (unpaired) electrons. The van der Waals surface area contributed by atoms with Crippen LogP contribution in [0.2, 0.25) is 0 Å². The predicted octanol–water partition coefficient (Wildman–Crippen LogP) is 1.12. The monoisotopic (exact) mass is 330 g/mol. The number of aryl methyl sites for hydroxylation is 1. The average Bonchev–Trinajstić information content (AvgIpc) is 3.35. The van der Waals surface area contributed by atoms with Crippen LogP contribution in [0.1, 0.15) is 37.9 Å². The molecule has 2 fully saturated rings. The Labute approximate surface area is 140 Å². The van der Waals surface area contributed by atoms with Gasteiger partial charge in [-0.15, -0.1) is 0 Å². The Balaban J connectivity index is 1.53. The largest absolute Gasteiger partial charge is 0.378 e. The van der Waals surface area contributed by atoms with Gasteiger partial charge in [-0.2, -0.15) is 4.98 Å². The summed E-state index contributed by atoms with van der Waals surface area (Å²) in [5.41, 5.74) is -1.11. The molecule has 24 heavy (non-hydrogen) atoms. The van der Waals surface area contributed by atoms with E-state index in [1.165, 1.54) is 12.8 Å². The molecule has 0 aromatic carbocycles. The van der Waals surface area contributed by atoms with Crippen LogP contribution in [-0.4, -0.2) is 51.4 Å². The van der Waals surface area contributed by atoms with Gasteiger partial charge in [0.2, 0.25) is 0 Å². The Morgan fingerprint density at radius 3 is 2.62 bits per heavy atom. The van der Waals surface area contributed by atoms with Gasteiger partial charge in [-0.25, -0.2) is 9.97 Å². The first-order valence-corrected chi connectivity index (χ1v) is 8.55. The summed E-state index contributed by atoms with van der Waals surface area (Å²) in [5, 5.41) is 14.8. The summed E-state index contributed by atoms with van der Waals surface area (Å²) in [6.07, 6.45) is 5.25. The maximum absolute atomic E-state index is 10.9. The van der Waals surface area contributed by atoms with Gasteiger partial charge in [-0.05, 0) is 12.8 Å². The molecule has 4 rings (SSSR count). The van der Waals surface area contributed by atoms with Gasteiger partial charge >= 0.3 is 0 Å². The summed E-state index contributed by atoms with van der Waals surface area (Å²) in [7, 11) is 0. The molecule has 0 spiro atoms. The molecule has 2 aliphatic heterocycles. The van der Waals surface area contributed by atoms with E-state index in [1.54, 1.807) is 6.33 Å². The fourth-order valence-electron chi connectivity index (χ4n) is 3.38. The number of nitrogens with zero attached hydrogens (tertiary/aromatic N) is 6. The van der Waals surface area contributed by atoms with Crippen LogP contribution in [0.15, 0.2) is 16.9 Å². The van der Waals surface area contributed by atoms with Crippen molar-refractivity contribution < 1.29 is 9.63 Å². The van der Waals surface area contributed by atoms with Crippen molar-refractivity contribution in [3.05, 3.63) is 24.1 Å². The highest BCUT2D eigenvalue weighted by atomic mass is 16.5. The maximum atomic E-state index is 10.9. The Bertz CT molecular complexity index is 714. The number of hydrogen-bond donors (Lipinski definition) is 1. The lowest BCUT2D eigenvalue weighted by Gasteiger charge is -2.22. The molecule has 0 bridgehead atoms. The standard InChI is InChI=1S/C16H22N6O2/c1-2-12-19-15(24-20-12)16(23)5-8-22(10-16)14-9-13(17-11-18-14)21-6-3-4-7-21/h9,11,23H,2-8,10H2,1H3. The number of aromatic nitrogens is 4. The van der Waals surface area contributed by atoms with Crippen molar-refractivity contribution in [1.29, 1.82) is 0 Å². The quantitative estimate of drug-likeness (QED) is 0.892. The van der Waals surface area contributed by atoms with Crippen molar-refractivity contribution in [2.45, 2.75) is 38.2 Å². The summed E-state index contributed by atoms with van der Waals surface area (Å²) in [5.74, 6) is 2.71. The minimum atomic E-state index is -1.11. The molecule has 2 aromatic heterocycles. The minimum Gasteiger partial charge on any atom is -0.378 e. The van der Waals surface area contributed by atoms with E-state index in [0.29, 0.717) is 37.6 Å². The molecule has 2 saturated heterocycles. The molecule has 0 amide bonds. The average molecular weight is 330 g/mol. The lowest BCUT2D eigenvalue weighted by Crippen LogP contribution is -2.31.